The zero-order valence-electron chi connectivity index (χ0n) is 10.5. The number of benzene rings is 2. The Morgan fingerprint density at radius 3 is 2.70 bits per heavy atom. The summed E-state index contributed by atoms with van der Waals surface area (Å²) in [5.41, 5.74) is 13.5. The van der Waals surface area contributed by atoms with Gasteiger partial charge >= 0.3 is 5.97 Å². The van der Waals surface area contributed by atoms with E-state index >= 15 is 0 Å². The minimum Gasteiger partial charge on any atom is -0.399 e. The number of aromatic nitrogens is 2. The molecule has 0 saturated carbocycles. The van der Waals surface area contributed by atoms with Crippen molar-refractivity contribution >= 4 is 28.6 Å². The predicted octanol–water partition coefficient (Wildman–Crippen LogP) is 1.47. The smallest absolute Gasteiger partial charge is 0.363 e. The average Bonchev–Trinajstić information content (AvgIpc) is 2.75. The maximum absolute atomic E-state index is 12.1. The van der Waals surface area contributed by atoms with E-state index in [4.69, 9.17) is 16.3 Å². The summed E-state index contributed by atoms with van der Waals surface area (Å²) in [7, 11) is 0. The minimum atomic E-state index is -0.549. The van der Waals surface area contributed by atoms with Crippen LogP contribution in [0.3, 0.4) is 0 Å². The standard InChI is InChI=1S/C14H12N4O2/c15-10-5-3-4-9(8-10)13(19)20-18-12-7-2-1-6-11(12)17-14(18)16/h1-8H,15H2,(H2,16,17). The van der Waals surface area contributed by atoms with Gasteiger partial charge in [0, 0.05) is 5.69 Å². The van der Waals surface area contributed by atoms with Crippen molar-refractivity contribution in [2.45, 2.75) is 0 Å². The molecule has 0 bridgehead atoms. The van der Waals surface area contributed by atoms with Gasteiger partial charge in [-0.2, -0.15) is 0 Å². The van der Waals surface area contributed by atoms with Crippen LogP contribution in [0, 0.1) is 0 Å². The number of rotatable bonds is 2. The van der Waals surface area contributed by atoms with Gasteiger partial charge < -0.3 is 16.3 Å². The van der Waals surface area contributed by atoms with Crippen LogP contribution >= 0.6 is 0 Å². The molecule has 0 spiro atoms. The van der Waals surface area contributed by atoms with Crippen LogP contribution < -0.4 is 16.3 Å². The van der Waals surface area contributed by atoms with Crippen LogP contribution in [-0.4, -0.2) is 15.7 Å². The topological polar surface area (TPSA) is 96.2 Å². The number of hydrogen-bond donors (Lipinski definition) is 2. The van der Waals surface area contributed by atoms with E-state index in [-0.39, 0.29) is 5.95 Å². The van der Waals surface area contributed by atoms with Gasteiger partial charge in [0.15, 0.2) is 0 Å². The van der Waals surface area contributed by atoms with Gasteiger partial charge in [-0.05, 0) is 30.3 Å². The first kappa shape index (κ1) is 12.0. The van der Waals surface area contributed by atoms with Crippen molar-refractivity contribution in [3.8, 4) is 0 Å². The van der Waals surface area contributed by atoms with Gasteiger partial charge in [0.05, 0.1) is 11.1 Å². The number of imidazole rings is 1. The number of para-hydroxylation sites is 2. The SMILES string of the molecule is Nc1cccc(C(=O)On2c(N)nc3ccccc32)c1. The highest BCUT2D eigenvalue weighted by Crippen LogP contribution is 2.16. The largest absolute Gasteiger partial charge is 0.399 e. The highest BCUT2D eigenvalue weighted by atomic mass is 16.7. The first-order valence-electron chi connectivity index (χ1n) is 5.96. The van der Waals surface area contributed by atoms with Crippen molar-refractivity contribution in [3.05, 3.63) is 54.1 Å². The molecule has 1 aromatic heterocycles. The maximum Gasteiger partial charge on any atom is 0.363 e. The van der Waals surface area contributed by atoms with Crippen molar-refractivity contribution in [2.24, 2.45) is 0 Å². The van der Waals surface area contributed by atoms with Gasteiger partial charge in [-0.1, -0.05) is 18.2 Å². The Bertz CT molecular complexity index is 795. The molecule has 0 saturated heterocycles. The van der Waals surface area contributed by atoms with Crippen molar-refractivity contribution in [1.29, 1.82) is 0 Å². The fraction of sp³-hybridized carbons (Fsp3) is 0. The van der Waals surface area contributed by atoms with Crippen LogP contribution in [0.25, 0.3) is 11.0 Å². The second-order valence-electron chi connectivity index (χ2n) is 4.26. The van der Waals surface area contributed by atoms with Crippen LogP contribution in [0.5, 0.6) is 0 Å². The Hall–Kier alpha value is -3.02. The molecule has 2 aromatic carbocycles. The first-order chi connectivity index (χ1) is 9.65. The molecule has 0 radical (unpaired) electrons. The molecule has 3 aromatic rings. The molecule has 0 amide bonds. The maximum atomic E-state index is 12.1. The number of nitrogens with two attached hydrogens (primary N) is 2. The summed E-state index contributed by atoms with van der Waals surface area (Å²) in [5, 5.41) is 0. The third-order valence-electron chi connectivity index (χ3n) is 2.84. The molecule has 3 rings (SSSR count). The Balaban J connectivity index is 1.97. The number of anilines is 2. The van der Waals surface area contributed by atoms with E-state index in [9.17, 15) is 4.79 Å². The normalized spacial score (nSPS) is 10.6. The highest BCUT2D eigenvalue weighted by Gasteiger charge is 2.14. The molecular weight excluding hydrogens is 256 g/mol. The molecule has 0 aliphatic rings. The molecule has 100 valence electrons. The molecule has 0 atom stereocenters. The van der Waals surface area contributed by atoms with E-state index in [0.717, 1.165) is 0 Å². The molecule has 0 aliphatic carbocycles. The summed E-state index contributed by atoms with van der Waals surface area (Å²) in [6.45, 7) is 0. The summed E-state index contributed by atoms with van der Waals surface area (Å²) in [5.74, 6) is -0.435. The molecule has 4 N–H and O–H groups in total. The molecule has 0 unspecified atom stereocenters. The van der Waals surface area contributed by atoms with Crippen LogP contribution in [-0.2, 0) is 0 Å². The van der Waals surface area contributed by atoms with E-state index < -0.39 is 5.97 Å². The third kappa shape index (κ3) is 2.03. The van der Waals surface area contributed by atoms with Gasteiger partial charge in [-0.15, -0.1) is 4.73 Å². The zero-order chi connectivity index (χ0) is 14.1. The second kappa shape index (κ2) is 4.58. The van der Waals surface area contributed by atoms with Crippen molar-refractivity contribution in [1.82, 2.24) is 9.71 Å². The summed E-state index contributed by atoms with van der Waals surface area (Å²) in [6, 6.07) is 13.7. The number of fused-ring (bicyclic) bond motifs is 1. The summed E-state index contributed by atoms with van der Waals surface area (Å²) in [6.07, 6.45) is 0. The van der Waals surface area contributed by atoms with E-state index in [1.807, 2.05) is 12.1 Å². The Labute approximate surface area is 114 Å². The van der Waals surface area contributed by atoms with Crippen LogP contribution in [0.1, 0.15) is 10.4 Å². The van der Waals surface area contributed by atoms with E-state index in [1.165, 1.54) is 10.8 Å². The summed E-state index contributed by atoms with van der Waals surface area (Å²) in [4.78, 5) is 21.5. The lowest BCUT2D eigenvalue weighted by Gasteiger charge is -2.07. The lowest BCUT2D eigenvalue weighted by molar-refractivity contribution is 0.0490. The number of hydrogen-bond acceptors (Lipinski definition) is 5. The number of nitrogens with zero attached hydrogens (tertiary/aromatic N) is 2. The molecule has 0 fully saturated rings. The highest BCUT2D eigenvalue weighted by molar-refractivity contribution is 5.91. The van der Waals surface area contributed by atoms with Crippen molar-refractivity contribution < 1.29 is 9.63 Å². The first-order valence-corrected chi connectivity index (χ1v) is 5.96. The molecule has 1 heterocycles. The number of carbonyl (C=O) groups excluding carboxylic acids is 1. The van der Waals surface area contributed by atoms with Crippen molar-refractivity contribution in [2.75, 3.05) is 11.5 Å². The van der Waals surface area contributed by atoms with E-state index in [0.29, 0.717) is 22.3 Å². The van der Waals surface area contributed by atoms with Gasteiger partial charge in [0.1, 0.15) is 5.52 Å². The lowest BCUT2D eigenvalue weighted by atomic mass is 10.2. The van der Waals surface area contributed by atoms with Crippen molar-refractivity contribution in [3.63, 3.8) is 0 Å². The Morgan fingerprint density at radius 1 is 1.10 bits per heavy atom. The van der Waals surface area contributed by atoms with E-state index in [1.54, 1.807) is 30.3 Å². The molecule has 20 heavy (non-hydrogen) atoms. The van der Waals surface area contributed by atoms with Gasteiger partial charge in [-0.3, -0.25) is 0 Å². The van der Waals surface area contributed by atoms with E-state index in [2.05, 4.69) is 4.98 Å². The Morgan fingerprint density at radius 2 is 1.90 bits per heavy atom. The molecule has 6 nitrogen and oxygen atoms in total. The molecule has 0 aliphatic heterocycles. The monoisotopic (exact) mass is 268 g/mol. The lowest BCUT2D eigenvalue weighted by Crippen LogP contribution is -2.21. The average molecular weight is 268 g/mol. The third-order valence-corrected chi connectivity index (χ3v) is 2.84. The van der Waals surface area contributed by atoms with Gasteiger partial charge in [0.2, 0.25) is 5.95 Å². The summed E-state index contributed by atoms with van der Waals surface area (Å²) >= 11 is 0. The second-order valence-corrected chi connectivity index (χ2v) is 4.26. The Kier molecular flexibility index (Phi) is 2.76. The van der Waals surface area contributed by atoms with Crippen LogP contribution in [0.4, 0.5) is 11.6 Å². The fourth-order valence-electron chi connectivity index (χ4n) is 1.92. The quantitative estimate of drug-likeness (QED) is 0.686. The van der Waals surface area contributed by atoms with Crippen LogP contribution in [0.2, 0.25) is 0 Å². The predicted molar refractivity (Wildman–Crippen MR) is 75.9 cm³/mol. The minimum absolute atomic E-state index is 0.114. The van der Waals surface area contributed by atoms with Gasteiger partial charge in [0.25, 0.3) is 0 Å². The van der Waals surface area contributed by atoms with Gasteiger partial charge in [-0.25, -0.2) is 9.78 Å². The summed E-state index contributed by atoms with van der Waals surface area (Å²) < 4.78 is 1.21. The number of carbonyl (C=O) groups is 1. The molecular formula is C14H12N4O2. The fourth-order valence-corrected chi connectivity index (χ4v) is 1.92. The van der Waals surface area contributed by atoms with Crippen LogP contribution in [0.15, 0.2) is 48.5 Å². The zero-order valence-corrected chi connectivity index (χ0v) is 10.5. The molecule has 6 heteroatoms. The number of nitrogen functional groups attached to an aromatic ring is 2.